The van der Waals surface area contributed by atoms with Gasteiger partial charge in [-0.05, 0) is 24.3 Å². The minimum absolute atomic E-state index is 0.0411. The highest BCUT2D eigenvalue weighted by Crippen LogP contribution is 2.16. The Bertz CT molecular complexity index is 775. The second kappa shape index (κ2) is 7.55. The molecule has 1 aliphatic heterocycles. The number of aromatic nitrogens is 3. The average molecular weight is 356 g/mol. The van der Waals surface area contributed by atoms with Crippen LogP contribution in [0.15, 0.2) is 30.6 Å². The van der Waals surface area contributed by atoms with E-state index in [-0.39, 0.29) is 17.7 Å². The highest BCUT2D eigenvalue weighted by Gasteiger charge is 2.23. The third kappa shape index (κ3) is 3.84. The molecule has 8 nitrogen and oxygen atoms in total. The Morgan fingerprint density at radius 2 is 1.73 bits per heavy atom. The summed E-state index contributed by atoms with van der Waals surface area (Å²) in [6, 6.07) is 6.91. The summed E-state index contributed by atoms with van der Waals surface area (Å²) < 4.78 is 1.87. The van der Waals surface area contributed by atoms with Crippen LogP contribution in [0, 0.1) is 5.92 Å². The van der Waals surface area contributed by atoms with E-state index in [9.17, 15) is 9.59 Å². The standard InChI is InChI=1S/C18H24N6O2/c1-13(2)16(25)14-4-6-15(7-5-14)20-18(26)24-10-8-23(9-11-24)17-21-19-12-22(17)3/h4-7,12-13H,8-11H2,1-3H3,(H,20,26). The minimum atomic E-state index is -0.134. The lowest BCUT2D eigenvalue weighted by atomic mass is 10.0. The van der Waals surface area contributed by atoms with Crippen LogP contribution in [0.5, 0.6) is 0 Å². The van der Waals surface area contributed by atoms with Crippen LogP contribution in [0.2, 0.25) is 0 Å². The van der Waals surface area contributed by atoms with Crippen molar-refractivity contribution in [1.82, 2.24) is 19.7 Å². The molecule has 3 rings (SSSR count). The number of nitrogens with zero attached hydrogens (tertiary/aromatic N) is 5. The van der Waals surface area contributed by atoms with Gasteiger partial charge < -0.3 is 19.7 Å². The number of piperazine rings is 1. The van der Waals surface area contributed by atoms with Gasteiger partial charge in [0.2, 0.25) is 5.95 Å². The third-order valence-corrected chi connectivity index (χ3v) is 4.48. The van der Waals surface area contributed by atoms with E-state index < -0.39 is 0 Å². The summed E-state index contributed by atoms with van der Waals surface area (Å²) in [5, 5.41) is 10.9. The van der Waals surface area contributed by atoms with Crippen molar-refractivity contribution in [3.8, 4) is 0 Å². The van der Waals surface area contributed by atoms with Crippen LogP contribution in [-0.4, -0.2) is 57.7 Å². The van der Waals surface area contributed by atoms with Crippen molar-refractivity contribution >= 4 is 23.5 Å². The monoisotopic (exact) mass is 356 g/mol. The lowest BCUT2D eigenvalue weighted by molar-refractivity contribution is 0.0939. The summed E-state index contributed by atoms with van der Waals surface area (Å²) in [4.78, 5) is 28.3. The smallest absolute Gasteiger partial charge is 0.321 e. The van der Waals surface area contributed by atoms with Gasteiger partial charge in [0.05, 0.1) is 0 Å². The fraction of sp³-hybridized carbons (Fsp3) is 0.444. The zero-order valence-corrected chi connectivity index (χ0v) is 15.3. The first kappa shape index (κ1) is 17.9. The first-order valence-corrected chi connectivity index (χ1v) is 8.75. The molecule has 1 aliphatic rings. The number of hydrogen-bond acceptors (Lipinski definition) is 5. The summed E-state index contributed by atoms with van der Waals surface area (Å²) in [7, 11) is 1.90. The molecule has 0 aliphatic carbocycles. The predicted molar refractivity (Wildman–Crippen MR) is 99.4 cm³/mol. The Labute approximate surface area is 152 Å². The zero-order chi connectivity index (χ0) is 18.7. The largest absolute Gasteiger partial charge is 0.337 e. The maximum absolute atomic E-state index is 12.5. The fourth-order valence-corrected chi connectivity index (χ4v) is 2.93. The first-order valence-electron chi connectivity index (χ1n) is 8.75. The Balaban J connectivity index is 1.54. The van der Waals surface area contributed by atoms with Crippen molar-refractivity contribution in [2.24, 2.45) is 13.0 Å². The normalized spacial score (nSPS) is 14.6. The highest BCUT2D eigenvalue weighted by molar-refractivity contribution is 5.98. The number of benzene rings is 1. The zero-order valence-electron chi connectivity index (χ0n) is 15.3. The highest BCUT2D eigenvalue weighted by atomic mass is 16.2. The van der Waals surface area contributed by atoms with Crippen LogP contribution in [0.3, 0.4) is 0 Å². The molecule has 0 radical (unpaired) electrons. The van der Waals surface area contributed by atoms with Crippen LogP contribution in [0.1, 0.15) is 24.2 Å². The summed E-state index contributed by atoms with van der Waals surface area (Å²) >= 11 is 0. The molecule has 2 aromatic rings. The van der Waals surface area contributed by atoms with Crippen molar-refractivity contribution in [2.75, 3.05) is 36.4 Å². The lowest BCUT2D eigenvalue weighted by Crippen LogP contribution is -2.50. The van der Waals surface area contributed by atoms with E-state index >= 15 is 0 Å². The molecule has 138 valence electrons. The van der Waals surface area contributed by atoms with E-state index in [4.69, 9.17) is 0 Å². The SMILES string of the molecule is CC(C)C(=O)c1ccc(NC(=O)N2CCN(c3nncn3C)CC2)cc1. The van der Waals surface area contributed by atoms with Gasteiger partial charge in [-0.2, -0.15) is 0 Å². The molecule has 1 aromatic carbocycles. The number of amides is 2. The fourth-order valence-electron chi connectivity index (χ4n) is 2.93. The third-order valence-electron chi connectivity index (χ3n) is 4.48. The van der Waals surface area contributed by atoms with E-state index in [1.165, 1.54) is 0 Å². The predicted octanol–water partition coefficient (Wildman–Crippen LogP) is 2.01. The second-order valence-corrected chi connectivity index (χ2v) is 6.74. The number of nitrogens with one attached hydrogen (secondary N) is 1. The summed E-state index contributed by atoms with van der Waals surface area (Å²) in [6.07, 6.45) is 1.67. The molecule has 0 unspecified atom stereocenters. The maximum Gasteiger partial charge on any atom is 0.321 e. The number of aryl methyl sites for hydroxylation is 1. The van der Waals surface area contributed by atoms with E-state index in [2.05, 4.69) is 20.4 Å². The number of rotatable bonds is 4. The molecule has 1 aromatic heterocycles. The van der Waals surface area contributed by atoms with Crippen molar-refractivity contribution in [3.63, 3.8) is 0 Å². The Kier molecular flexibility index (Phi) is 5.20. The van der Waals surface area contributed by atoms with Gasteiger partial charge >= 0.3 is 6.03 Å². The van der Waals surface area contributed by atoms with Gasteiger partial charge in [0, 0.05) is 50.4 Å². The van der Waals surface area contributed by atoms with E-state index in [0.717, 1.165) is 5.95 Å². The average Bonchev–Trinajstić information content (AvgIpc) is 3.07. The molecule has 0 spiro atoms. The number of carbonyl (C=O) groups is 2. The minimum Gasteiger partial charge on any atom is -0.337 e. The second-order valence-electron chi connectivity index (χ2n) is 6.74. The van der Waals surface area contributed by atoms with Gasteiger partial charge in [-0.25, -0.2) is 4.79 Å². The number of carbonyl (C=O) groups excluding carboxylic acids is 2. The number of hydrogen-bond donors (Lipinski definition) is 1. The molecule has 2 heterocycles. The molecule has 2 amide bonds. The summed E-state index contributed by atoms with van der Waals surface area (Å²) in [5.41, 5.74) is 1.35. The van der Waals surface area contributed by atoms with Gasteiger partial charge in [-0.3, -0.25) is 4.79 Å². The molecule has 1 saturated heterocycles. The van der Waals surface area contributed by atoms with Crippen LogP contribution in [0.4, 0.5) is 16.4 Å². The summed E-state index contributed by atoms with van der Waals surface area (Å²) in [5.74, 6) is 0.874. The van der Waals surface area contributed by atoms with Crippen molar-refractivity contribution in [1.29, 1.82) is 0 Å². The Morgan fingerprint density at radius 1 is 1.08 bits per heavy atom. The van der Waals surface area contributed by atoms with E-state index in [1.54, 1.807) is 35.5 Å². The summed E-state index contributed by atoms with van der Waals surface area (Å²) in [6.45, 7) is 6.40. The maximum atomic E-state index is 12.5. The van der Waals surface area contributed by atoms with Crippen molar-refractivity contribution in [2.45, 2.75) is 13.8 Å². The topological polar surface area (TPSA) is 83.4 Å². The molecule has 26 heavy (non-hydrogen) atoms. The van der Waals surface area contributed by atoms with Crippen LogP contribution in [-0.2, 0) is 7.05 Å². The molecule has 0 atom stereocenters. The number of Topliss-reactive ketones (excluding diaryl/α,β-unsaturated/α-hetero) is 1. The Hall–Kier alpha value is -2.90. The van der Waals surface area contributed by atoms with Crippen molar-refractivity contribution in [3.05, 3.63) is 36.2 Å². The van der Waals surface area contributed by atoms with Gasteiger partial charge in [-0.15, -0.1) is 10.2 Å². The van der Waals surface area contributed by atoms with Gasteiger partial charge in [0.25, 0.3) is 0 Å². The molecule has 1 N–H and O–H groups in total. The quantitative estimate of drug-likeness (QED) is 0.847. The van der Waals surface area contributed by atoms with Crippen LogP contribution >= 0.6 is 0 Å². The lowest BCUT2D eigenvalue weighted by Gasteiger charge is -2.34. The van der Waals surface area contributed by atoms with E-state index in [1.807, 2.05) is 25.5 Å². The van der Waals surface area contributed by atoms with E-state index in [0.29, 0.717) is 37.4 Å². The Morgan fingerprint density at radius 3 is 2.27 bits per heavy atom. The molecular weight excluding hydrogens is 332 g/mol. The first-order chi connectivity index (χ1) is 12.5. The van der Waals surface area contributed by atoms with Gasteiger partial charge in [-0.1, -0.05) is 13.8 Å². The molecule has 0 saturated carbocycles. The van der Waals surface area contributed by atoms with Crippen LogP contribution < -0.4 is 10.2 Å². The molecule has 0 bridgehead atoms. The van der Waals surface area contributed by atoms with Crippen LogP contribution in [0.25, 0.3) is 0 Å². The molecular formula is C18H24N6O2. The van der Waals surface area contributed by atoms with Crippen molar-refractivity contribution < 1.29 is 9.59 Å². The molecule has 8 heteroatoms. The van der Waals surface area contributed by atoms with Gasteiger partial charge in [0.1, 0.15) is 6.33 Å². The molecule has 1 fully saturated rings. The van der Waals surface area contributed by atoms with Gasteiger partial charge in [0.15, 0.2) is 5.78 Å². The number of ketones is 1. The number of anilines is 2. The number of urea groups is 1.